The average Bonchev–Trinajstić information content (AvgIpc) is 2.85. The van der Waals surface area contributed by atoms with Gasteiger partial charge in [-0.2, -0.15) is 5.10 Å². The molecular weight excluding hydrogens is 230 g/mol. The molecule has 0 aliphatic rings. The van der Waals surface area contributed by atoms with Crippen molar-refractivity contribution in [1.82, 2.24) is 14.8 Å². The standard InChI is InChI=1S/C13H15N3O2/c1-2-16-9-14-13(15-16)11-5-3-4-10(8-11)6-7-12(17)18/h3-5,8-9H,2,6-7H2,1H3,(H,17,18). The highest BCUT2D eigenvalue weighted by atomic mass is 16.4. The fourth-order valence-corrected chi connectivity index (χ4v) is 1.70. The number of benzene rings is 1. The van der Waals surface area contributed by atoms with E-state index >= 15 is 0 Å². The van der Waals surface area contributed by atoms with Crippen LogP contribution in [0.5, 0.6) is 0 Å². The summed E-state index contributed by atoms with van der Waals surface area (Å²) in [6, 6.07) is 7.69. The molecule has 5 nitrogen and oxygen atoms in total. The summed E-state index contributed by atoms with van der Waals surface area (Å²) < 4.78 is 1.76. The average molecular weight is 245 g/mol. The van der Waals surface area contributed by atoms with E-state index < -0.39 is 5.97 Å². The van der Waals surface area contributed by atoms with E-state index in [9.17, 15) is 4.79 Å². The predicted molar refractivity (Wildman–Crippen MR) is 67.1 cm³/mol. The maximum absolute atomic E-state index is 10.5. The predicted octanol–water partition coefficient (Wildman–Crippen LogP) is 1.98. The Morgan fingerprint density at radius 1 is 1.44 bits per heavy atom. The number of hydrogen-bond donors (Lipinski definition) is 1. The second kappa shape index (κ2) is 5.44. The molecule has 94 valence electrons. The molecule has 2 aromatic rings. The highest BCUT2D eigenvalue weighted by Crippen LogP contribution is 2.17. The molecule has 0 saturated carbocycles. The quantitative estimate of drug-likeness (QED) is 0.874. The first-order chi connectivity index (χ1) is 8.69. The lowest BCUT2D eigenvalue weighted by Gasteiger charge is -2.01. The number of carboxylic acids is 1. The summed E-state index contributed by atoms with van der Waals surface area (Å²) in [7, 11) is 0. The Hall–Kier alpha value is -2.17. The molecule has 0 unspecified atom stereocenters. The number of carboxylic acid groups (broad SMARTS) is 1. The van der Waals surface area contributed by atoms with Crippen molar-refractivity contribution in [2.24, 2.45) is 0 Å². The minimum absolute atomic E-state index is 0.139. The Balaban J connectivity index is 2.18. The molecule has 0 radical (unpaired) electrons. The van der Waals surface area contributed by atoms with Crippen molar-refractivity contribution >= 4 is 5.97 Å². The molecule has 0 atom stereocenters. The molecule has 1 N–H and O–H groups in total. The molecule has 0 aliphatic carbocycles. The van der Waals surface area contributed by atoms with Crippen molar-refractivity contribution < 1.29 is 9.90 Å². The smallest absolute Gasteiger partial charge is 0.303 e. The van der Waals surface area contributed by atoms with E-state index in [-0.39, 0.29) is 6.42 Å². The lowest BCUT2D eigenvalue weighted by Crippen LogP contribution is -1.98. The van der Waals surface area contributed by atoms with Crippen molar-refractivity contribution in [1.29, 1.82) is 0 Å². The summed E-state index contributed by atoms with van der Waals surface area (Å²) in [6.45, 7) is 2.79. The van der Waals surface area contributed by atoms with Gasteiger partial charge in [0.25, 0.3) is 0 Å². The monoisotopic (exact) mass is 245 g/mol. The number of aliphatic carboxylic acids is 1. The third kappa shape index (κ3) is 2.94. The van der Waals surface area contributed by atoms with E-state index in [1.54, 1.807) is 11.0 Å². The second-order valence-electron chi connectivity index (χ2n) is 4.02. The summed E-state index contributed by atoms with van der Waals surface area (Å²) in [5, 5.41) is 13.0. The number of rotatable bonds is 5. The fourth-order valence-electron chi connectivity index (χ4n) is 1.70. The zero-order chi connectivity index (χ0) is 13.0. The molecular formula is C13H15N3O2. The van der Waals surface area contributed by atoms with Crippen molar-refractivity contribution in [3.8, 4) is 11.4 Å². The number of nitrogens with zero attached hydrogens (tertiary/aromatic N) is 3. The molecule has 0 bridgehead atoms. The van der Waals surface area contributed by atoms with Crippen LogP contribution < -0.4 is 0 Å². The molecule has 1 heterocycles. The third-order valence-electron chi connectivity index (χ3n) is 2.67. The molecule has 0 aliphatic heterocycles. The molecule has 0 saturated heterocycles. The van der Waals surface area contributed by atoms with Gasteiger partial charge < -0.3 is 5.11 Å². The fraction of sp³-hybridized carbons (Fsp3) is 0.308. The Bertz CT molecular complexity index is 549. The van der Waals surface area contributed by atoms with Gasteiger partial charge in [-0.3, -0.25) is 9.48 Å². The zero-order valence-electron chi connectivity index (χ0n) is 10.2. The Morgan fingerprint density at radius 2 is 2.28 bits per heavy atom. The third-order valence-corrected chi connectivity index (χ3v) is 2.67. The Labute approximate surface area is 105 Å². The molecule has 0 amide bonds. The van der Waals surface area contributed by atoms with Gasteiger partial charge in [0.05, 0.1) is 0 Å². The van der Waals surface area contributed by atoms with Crippen molar-refractivity contribution in [2.45, 2.75) is 26.3 Å². The SMILES string of the molecule is CCn1cnc(-c2cccc(CCC(=O)O)c2)n1. The molecule has 1 aromatic heterocycles. The van der Waals surface area contributed by atoms with E-state index in [0.717, 1.165) is 17.7 Å². The first-order valence-corrected chi connectivity index (χ1v) is 5.89. The number of carbonyl (C=O) groups is 1. The first kappa shape index (κ1) is 12.3. The number of aromatic nitrogens is 3. The van der Waals surface area contributed by atoms with Gasteiger partial charge in [-0.05, 0) is 25.0 Å². The van der Waals surface area contributed by atoms with Gasteiger partial charge in [-0.25, -0.2) is 4.98 Å². The van der Waals surface area contributed by atoms with Crippen molar-refractivity contribution in [3.63, 3.8) is 0 Å². The van der Waals surface area contributed by atoms with E-state index in [1.807, 2.05) is 31.2 Å². The van der Waals surface area contributed by atoms with Crippen LogP contribution in [-0.2, 0) is 17.8 Å². The molecule has 1 aromatic carbocycles. The van der Waals surface area contributed by atoms with E-state index in [4.69, 9.17) is 5.11 Å². The highest BCUT2D eigenvalue weighted by Gasteiger charge is 2.05. The van der Waals surface area contributed by atoms with Gasteiger partial charge in [0.15, 0.2) is 5.82 Å². The minimum atomic E-state index is -0.784. The van der Waals surface area contributed by atoms with E-state index in [1.165, 1.54) is 0 Å². The van der Waals surface area contributed by atoms with Crippen LogP contribution in [0.15, 0.2) is 30.6 Å². The topological polar surface area (TPSA) is 68.0 Å². The summed E-state index contributed by atoms with van der Waals surface area (Å²) in [5.41, 5.74) is 1.91. The van der Waals surface area contributed by atoms with Gasteiger partial charge in [-0.15, -0.1) is 0 Å². The van der Waals surface area contributed by atoms with Crippen LogP contribution in [0.25, 0.3) is 11.4 Å². The van der Waals surface area contributed by atoms with Crippen LogP contribution in [0, 0.1) is 0 Å². The largest absolute Gasteiger partial charge is 0.481 e. The second-order valence-corrected chi connectivity index (χ2v) is 4.02. The van der Waals surface area contributed by atoms with Gasteiger partial charge in [0.1, 0.15) is 6.33 Å². The van der Waals surface area contributed by atoms with Gasteiger partial charge in [0, 0.05) is 18.5 Å². The van der Waals surface area contributed by atoms with Crippen molar-refractivity contribution in [3.05, 3.63) is 36.2 Å². The van der Waals surface area contributed by atoms with E-state index in [0.29, 0.717) is 12.2 Å². The van der Waals surface area contributed by atoms with Crippen LogP contribution >= 0.6 is 0 Å². The zero-order valence-corrected chi connectivity index (χ0v) is 10.2. The van der Waals surface area contributed by atoms with Crippen LogP contribution in [0.1, 0.15) is 18.9 Å². The Morgan fingerprint density at radius 3 is 2.94 bits per heavy atom. The molecule has 0 spiro atoms. The lowest BCUT2D eigenvalue weighted by molar-refractivity contribution is -0.136. The number of aryl methyl sites for hydroxylation is 2. The van der Waals surface area contributed by atoms with Gasteiger partial charge in [0.2, 0.25) is 0 Å². The van der Waals surface area contributed by atoms with Crippen LogP contribution in [0.2, 0.25) is 0 Å². The summed E-state index contributed by atoms with van der Waals surface area (Å²) in [5.74, 6) is -0.109. The minimum Gasteiger partial charge on any atom is -0.481 e. The van der Waals surface area contributed by atoms with Gasteiger partial charge >= 0.3 is 5.97 Å². The van der Waals surface area contributed by atoms with Crippen LogP contribution in [0.4, 0.5) is 0 Å². The van der Waals surface area contributed by atoms with E-state index in [2.05, 4.69) is 10.1 Å². The van der Waals surface area contributed by atoms with Crippen molar-refractivity contribution in [2.75, 3.05) is 0 Å². The summed E-state index contributed by atoms with van der Waals surface area (Å²) >= 11 is 0. The van der Waals surface area contributed by atoms with Crippen LogP contribution in [0.3, 0.4) is 0 Å². The lowest BCUT2D eigenvalue weighted by atomic mass is 10.1. The molecule has 18 heavy (non-hydrogen) atoms. The first-order valence-electron chi connectivity index (χ1n) is 5.89. The summed E-state index contributed by atoms with van der Waals surface area (Å²) in [4.78, 5) is 14.8. The number of hydrogen-bond acceptors (Lipinski definition) is 3. The summed E-state index contributed by atoms with van der Waals surface area (Å²) in [6.07, 6.45) is 2.36. The highest BCUT2D eigenvalue weighted by molar-refractivity contribution is 5.67. The van der Waals surface area contributed by atoms with Gasteiger partial charge in [-0.1, -0.05) is 18.2 Å². The maximum Gasteiger partial charge on any atom is 0.303 e. The van der Waals surface area contributed by atoms with Crippen LogP contribution in [-0.4, -0.2) is 25.8 Å². The molecule has 0 fully saturated rings. The maximum atomic E-state index is 10.5. The molecule has 5 heteroatoms. The normalized spacial score (nSPS) is 10.5. The molecule has 2 rings (SSSR count). The Kier molecular flexibility index (Phi) is 3.72.